The maximum atomic E-state index is 12.7. The van der Waals surface area contributed by atoms with E-state index >= 15 is 0 Å². The highest BCUT2D eigenvalue weighted by Crippen LogP contribution is 2.32. The highest BCUT2D eigenvalue weighted by molar-refractivity contribution is 7.99. The van der Waals surface area contributed by atoms with Crippen molar-refractivity contribution in [1.29, 1.82) is 0 Å². The molecule has 0 saturated heterocycles. The lowest BCUT2D eigenvalue weighted by molar-refractivity contribution is -0.115. The molecule has 0 atom stereocenters. The number of aryl methyl sites for hydroxylation is 1. The number of carbonyl (C=O) groups excluding carboxylic acids is 1. The van der Waals surface area contributed by atoms with E-state index in [9.17, 15) is 4.79 Å². The third-order valence-corrected chi connectivity index (χ3v) is 5.84. The fourth-order valence-corrected chi connectivity index (χ4v) is 4.08. The molecule has 158 valence electrons. The Bertz CT molecular complexity index is 969. The van der Waals surface area contributed by atoms with Crippen molar-refractivity contribution in [2.45, 2.75) is 58.0 Å². The van der Waals surface area contributed by atoms with Gasteiger partial charge in [-0.2, -0.15) is 4.68 Å². The van der Waals surface area contributed by atoms with Crippen molar-refractivity contribution in [1.82, 2.24) is 20.2 Å². The summed E-state index contributed by atoms with van der Waals surface area (Å²) in [4.78, 5) is 12.7. The van der Waals surface area contributed by atoms with Crippen LogP contribution in [0.1, 0.15) is 62.6 Å². The Hall–Kier alpha value is -2.67. The Kier molecular flexibility index (Phi) is 7.26. The maximum absolute atomic E-state index is 12.7. The number of thioether (sulfide) groups is 1. The highest BCUT2D eigenvalue weighted by Gasteiger charge is 2.16. The van der Waals surface area contributed by atoms with Crippen LogP contribution < -0.4 is 5.32 Å². The van der Waals surface area contributed by atoms with Crippen molar-refractivity contribution in [2.75, 3.05) is 11.1 Å². The molecule has 30 heavy (non-hydrogen) atoms. The van der Waals surface area contributed by atoms with E-state index in [1.165, 1.54) is 28.5 Å². The Morgan fingerprint density at radius 2 is 1.67 bits per heavy atom. The Labute approximate surface area is 182 Å². The van der Waals surface area contributed by atoms with Crippen molar-refractivity contribution >= 4 is 23.4 Å². The molecule has 6 nitrogen and oxygen atoms in total. The van der Waals surface area contributed by atoms with Crippen molar-refractivity contribution in [3.63, 3.8) is 0 Å². The molecule has 0 aliphatic heterocycles. The topological polar surface area (TPSA) is 72.7 Å². The van der Waals surface area contributed by atoms with Gasteiger partial charge in [-0.3, -0.25) is 4.79 Å². The molecule has 0 bridgehead atoms. The summed E-state index contributed by atoms with van der Waals surface area (Å²) in [5.41, 5.74) is 5.39. The number of nitrogens with one attached hydrogen (secondary N) is 1. The molecule has 1 aromatic heterocycles. The van der Waals surface area contributed by atoms with Crippen LogP contribution in [0.3, 0.4) is 0 Å². The standard InChI is InChI=1S/C23H29N5OS/c1-15(2)19-7-6-8-20(16(3)4)22(19)24-21(29)13-14-30-23-25-26-27-28(23)18-11-9-17(5)10-12-18/h6-12,15-16H,13-14H2,1-5H3,(H,24,29). The zero-order chi connectivity index (χ0) is 21.7. The van der Waals surface area contributed by atoms with Gasteiger partial charge in [0, 0.05) is 17.9 Å². The second kappa shape index (κ2) is 9.89. The summed E-state index contributed by atoms with van der Waals surface area (Å²) in [6, 6.07) is 14.3. The van der Waals surface area contributed by atoms with E-state index in [0.717, 1.165) is 11.4 Å². The van der Waals surface area contributed by atoms with E-state index in [1.54, 1.807) is 4.68 Å². The van der Waals surface area contributed by atoms with Crippen LogP contribution in [0.25, 0.3) is 5.69 Å². The molecule has 3 aromatic rings. The van der Waals surface area contributed by atoms with Crippen LogP contribution in [0.2, 0.25) is 0 Å². The van der Waals surface area contributed by atoms with Gasteiger partial charge < -0.3 is 5.32 Å². The van der Waals surface area contributed by atoms with Gasteiger partial charge in [-0.25, -0.2) is 0 Å². The molecule has 0 aliphatic carbocycles. The van der Waals surface area contributed by atoms with E-state index in [1.807, 2.05) is 31.2 Å². The molecular weight excluding hydrogens is 394 g/mol. The number of rotatable bonds is 8. The SMILES string of the molecule is Cc1ccc(-n2nnnc2SCCC(=O)Nc2c(C(C)C)cccc2C(C)C)cc1. The molecule has 0 radical (unpaired) electrons. The number of anilines is 1. The number of hydrogen-bond acceptors (Lipinski definition) is 5. The number of para-hydroxylation sites is 1. The van der Waals surface area contributed by atoms with Crippen LogP contribution in [0.4, 0.5) is 5.69 Å². The molecule has 2 aromatic carbocycles. The molecule has 0 fully saturated rings. The maximum Gasteiger partial charge on any atom is 0.225 e. The van der Waals surface area contributed by atoms with Crippen LogP contribution >= 0.6 is 11.8 Å². The summed E-state index contributed by atoms with van der Waals surface area (Å²) in [5.74, 6) is 1.28. The van der Waals surface area contributed by atoms with Crippen molar-refractivity contribution in [3.8, 4) is 5.69 Å². The van der Waals surface area contributed by atoms with Crippen molar-refractivity contribution in [3.05, 3.63) is 59.2 Å². The molecule has 1 heterocycles. The van der Waals surface area contributed by atoms with Crippen LogP contribution in [0, 0.1) is 6.92 Å². The molecule has 0 spiro atoms. The monoisotopic (exact) mass is 423 g/mol. The van der Waals surface area contributed by atoms with Gasteiger partial charge in [0.05, 0.1) is 5.69 Å². The predicted octanol–water partition coefficient (Wildman–Crippen LogP) is 5.34. The van der Waals surface area contributed by atoms with Gasteiger partial charge in [-0.15, -0.1) is 5.10 Å². The van der Waals surface area contributed by atoms with Gasteiger partial charge in [-0.05, 0) is 52.4 Å². The minimum absolute atomic E-state index is 0.00635. The van der Waals surface area contributed by atoms with E-state index in [2.05, 4.69) is 66.7 Å². The van der Waals surface area contributed by atoms with Gasteiger partial charge in [0.25, 0.3) is 0 Å². The van der Waals surface area contributed by atoms with Crippen LogP contribution in [-0.2, 0) is 4.79 Å². The Balaban J connectivity index is 1.65. The van der Waals surface area contributed by atoms with Crippen molar-refractivity contribution < 1.29 is 4.79 Å². The quantitative estimate of drug-likeness (QED) is 0.495. The summed E-state index contributed by atoms with van der Waals surface area (Å²) >= 11 is 1.48. The second-order valence-corrected chi connectivity index (χ2v) is 9.04. The highest BCUT2D eigenvalue weighted by atomic mass is 32.2. The van der Waals surface area contributed by atoms with E-state index in [-0.39, 0.29) is 5.91 Å². The lowest BCUT2D eigenvalue weighted by Gasteiger charge is -2.20. The smallest absolute Gasteiger partial charge is 0.225 e. The summed E-state index contributed by atoms with van der Waals surface area (Å²) in [5, 5.41) is 15.8. The zero-order valence-electron chi connectivity index (χ0n) is 18.2. The minimum atomic E-state index is 0.00635. The number of nitrogens with zero attached hydrogens (tertiary/aromatic N) is 4. The number of tetrazole rings is 1. The molecule has 1 N–H and O–H groups in total. The van der Waals surface area contributed by atoms with Gasteiger partial charge in [0.1, 0.15) is 0 Å². The molecule has 7 heteroatoms. The average Bonchev–Trinajstić information content (AvgIpc) is 3.16. The van der Waals surface area contributed by atoms with Gasteiger partial charge in [-0.1, -0.05) is 75.4 Å². The van der Waals surface area contributed by atoms with Crippen LogP contribution in [0.15, 0.2) is 47.6 Å². The third-order valence-electron chi connectivity index (χ3n) is 4.92. The van der Waals surface area contributed by atoms with Gasteiger partial charge in [0.15, 0.2) is 0 Å². The van der Waals surface area contributed by atoms with Crippen LogP contribution in [0.5, 0.6) is 0 Å². The minimum Gasteiger partial charge on any atom is -0.326 e. The fraction of sp³-hybridized carbons (Fsp3) is 0.391. The van der Waals surface area contributed by atoms with Crippen LogP contribution in [-0.4, -0.2) is 31.9 Å². The summed E-state index contributed by atoms with van der Waals surface area (Å²) in [6.07, 6.45) is 0.384. The zero-order valence-corrected chi connectivity index (χ0v) is 19.0. The second-order valence-electron chi connectivity index (χ2n) is 7.98. The fourth-order valence-electron chi connectivity index (χ4n) is 3.25. The third kappa shape index (κ3) is 5.27. The Morgan fingerprint density at radius 3 is 2.27 bits per heavy atom. The van der Waals surface area contributed by atoms with E-state index < -0.39 is 0 Å². The Morgan fingerprint density at radius 1 is 1.03 bits per heavy atom. The first-order valence-electron chi connectivity index (χ1n) is 10.3. The molecule has 0 unspecified atom stereocenters. The number of aromatic nitrogens is 4. The van der Waals surface area contributed by atoms with E-state index in [4.69, 9.17) is 0 Å². The molecule has 0 saturated carbocycles. The summed E-state index contributed by atoms with van der Waals surface area (Å²) in [7, 11) is 0. The first-order valence-corrected chi connectivity index (χ1v) is 11.3. The summed E-state index contributed by atoms with van der Waals surface area (Å²) < 4.78 is 1.70. The largest absolute Gasteiger partial charge is 0.326 e. The summed E-state index contributed by atoms with van der Waals surface area (Å²) in [6.45, 7) is 10.6. The normalized spacial score (nSPS) is 11.3. The van der Waals surface area contributed by atoms with E-state index in [0.29, 0.717) is 29.2 Å². The molecule has 3 rings (SSSR count). The average molecular weight is 424 g/mol. The van der Waals surface area contributed by atoms with Gasteiger partial charge in [0.2, 0.25) is 11.1 Å². The number of carbonyl (C=O) groups is 1. The number of amides is 1. The number of hydrogen-bond donors (Lipinski definition) is 1. The molecule has 0 aliphatic rings. The predicted molar refractivity (Wildman–Crippen MR) is 122 cm³/mol. The first-order chi connectivity index (χ1) is 14.4. The lowest BCUT2D eigenvalue weighted by atomic mass is 9.92. The first kappa shape index (κ1) is 22.0. The lowest BCUT2D eigenvalue weighted by Crippen LogP contribution is -2.16. The number of benzene rings is 2. The molecular formula is C23H29N5OS. The van der Waals surface area contributed by atoms with Gasteiger partial charge >= 0.3 is 0 Å². The molecule has 1 amide bonds. The van der Waals surface area contributed by atoms with Crippen molar-refractivity contribution in [2.24, 2.45) is 0 Å².